The number of ether oxygens (including phenoxy) is 5. The number of benzene rings is 5. The quantitative estimate of drug-likeness (QED) is 0.0699. The molecule has 3 N–H and O–H groups in total. The number of aliphatic hydroxyl groups excluding tert-OH is 1. The first-order valence-electron chi connectivity index (χ1n) is 20.4. The second-order valence-corrected chi connectivity index (χ2v) is 16.8. The number of nitrogens with two attached hydrogens (primary N) is 1. The summed E-state index contributed by atoms with van der Waals surface area (Å²) in [4.78, 5) is 0.187. The highest BCUT2D eigenvalue weighted by Crippen LogP contribution is 2.42. The van der Waals surface area contributed by atoms with Gasteiger partial charge in [0, 0.05) is 18.2 Å². The molecule has 0 saturated carbocycles. The highest BCUT2D eigenvalue weighted by molar-refractivity contribution is 7.90. The molecule has 5 atom stereocenters. The second kappa shape index (κ2) is 20.5. The van der Waals surface area contributed by atoms with Crippen molar-refractivity contribution >= 4 is 20.9 Å². The molecule has 2 heterocycles. The zero-order chi connectivity index (χ0) is 40.9. The maximum atomic E-state index is 14.1. The van der Waals surface area contributed by atoms with E-state index < -0.39 is 40.2 Å². The molecule has 1 fully saturated rings. The van der Waals surface area contributed by atoms with E-state index in [4.69, 9.17) is 29.4 Å². The lowest BCUT2D eigenvalue weighted by Gasteiger charge is -2.52. The molecule has 6 aromatic rings. The summed E-state index contributed by atoms with van der Waals surface area (Å²) in [5.41, 5.74) is 8.35. The van der Waals surface area contributed by atoms with Crippen LogP contribution in [0.1, 0.15) is 47.9 Å². The van der Waals surface area contributed by atoms with Gasteiger partial charge in [-0.05, 0) is 79.1 Å². The third kappa shape index (κ3) is 10.4. The Kier molecular flexibility index (Phi) is 14.8. The predicted molar refractivity (Wildman–Crippen MR) is 228 cm³/mol. The summed E-state index contributed by atoms with van der Waals surface area (Å²) in [6, 6.07) is 45.4. The maximum Gasteiger partial charge on any atom is 0.268 e. The fraction of sp³-hybridized carbons (Fsp3) is 0.333. The molecule has 310 valence electrons. The highest BCUT2D eigenvalue weighted by Gasteiger charge is 2.58. The van der Waals surface area contributed by atoms with E-state index >= 15 is 0 Å². The maximum absolute atomic E-state index is 14.1. The van der Waals surface area contributed by atoms with Crippen molar-refractivity contribution in [1.29, 1.82) is 0 Å². The lowest BCUT2D eigenvalue weighted by atomic mass is 9.81. The molecule has 1 saturated heterocycles. The molecule has 59 heavy (non-hydrogen) atoms. The van der Waals surface area contributed by atoms with Gasteiger partial charge in [-0.2, -0.15) is 0 Å². The van der Waals surface area contributed by atoms with Crippen LogP contribution in [-0.2, 0) is 59.9 Å². The van der Waals surface area contributed by atoms with Gasteiger partial charge in [-0.15, -0.1) is 0 Å². The Morgan fingerprint density at radius 1 is 0.695 bits per heavy atom. The molecular formula is C48H54N2O8S. The minimum absolute atomic E-state index is 0.143. The van der Waals surface area contributed by atoms with Gasteiger partial charge in [-0.25, -0.2) is 12.4 Å². The molecule has 5 aromatic carbocycles. The Morgan fingerprint density at radius 2 is 1.27 bits per heavy atom. The van der Waals surface area contributed by atoms with Gasteiger partial charge < -0.3 is 34.5 Å². The lowest BCUT2D eigenvalue weighted by Crippen LogP contribution is -2.69. The van der Waals surface area contributed by atoms with E-state index in [-0.39, 0.29) is 37.7 Å². The van der Waals surface area contributed by atoms with Gasteiger partial charge >= 0.3 is 0 Å². The molecular weight excluding hydrogens is 765 g/mol. The van der Waals surface area contributed by atoms with E-state index in [9.17, 15) is 13.5 Å². The van der Waals surface area contributed by atoms with Gasteiger partial charge in [-0.3, -0.25) is 0 Å². The van der Waals surface area contributed by atoms with Crippen molar-refractivity contribution in [1.82, 2.24) is 3.97 Å². The smallest absolute Gasteiger partial charge is 0.268 e. The number of hydrogen-bond donors (Lipinski definition) is 2. The number of hydrogen-bond acceptors (Lipinski definition) is 9. The van der Waals surface area contributed by atoms with Gasteiger partial charge in [0.25, 0.3) is 10.0 Å². The largest absolute Gasteiger partial charge is 0.379 e. The predicted octanol–water partition coefficient (Wildman–Crippen LogP) is 7.80. The summed E-state index contributed by atoms with van der Waals surface area (Å²) in [7, 11) is -3.93. The standard InChI is InChI=1S/C48H54N2O8S/c49-30-16-5-17-31-54-36-44-45(55-33-37-18-6-1-7-19-37)46(56-34-38-20-8-2-9-21-38)48(47(51)58-44,57-35-39-22-10-3-11-23-39)29-28-40-32-50(43-27-15-14-26-42(40)43)59(52,53)41-24-12-4-13-25-41/h1-4,6-15,18-27,32,44-47,51H,5,16-17,28-31,33-36,49H2/t44-,45-,46+,47+,48-/m1/s1. The first-order chi connectivity index (χ1) is 28.9. The van der Waals surface area contributed by atoms with Crippen LogP contribution in [0, 0.1) is 0 Å². The molecule has 1 aliphatic rings. The fourth-order valence-corrected chi connectivity index (χ4v) is 9.14. The number of aryl methyl sites for hydroxylation is 1. The summed E-state index contributed by atoms with van der Waals surface area (Å²) >= 11 is 0. The molecule has 0 aliphatic carbocycles. The average Bonchev–Trinajstić information content (AvgIpc) is 3.66. The normalized spacial score (nSPS) is 20.8. The molecule has 0 spiro atoms. The SMILES string of the molecule is NCCCCCOC[C@H]1O[C@H](O)[C@](CCc2cn(S(=O)(=O)c3ccccc3)c3ccccc23)(OCc2ccccc2)[C@@H](OCc2ccccc2)[C@@H]1OCc1ccccc1. The lowest BCUT2D eigenvalue weighted by molar-refractivity contribution is -0.360. The second-order valence-electron chi connectivity index (χ2n) is 14.9. The van der Waals surface area contributed by atoms with Crippen LogP contribution in [0.15, 0.2) is 157 Å². The molecule has 1 aromatic heterocycles. The van der Waals surface area contributed by atoms with Crippen molar-refractivity contribution in [3.8, 4) is 0 Å². The molecule has 1 aliphatic heterocycles. The summed E-state index contributed by atoms with van der Waals surface area (Å²) in [6.45, 7) is 1.89. The minimum atomic E-state index is -3.93. The van der Waals surface area contributed by atoms with Gasteiger partial charge in [0.15, 0.2) is 6.29 Å². The molecule has 10 nitrogen and oxygen atoms in total. The van der Waals surface area contributed by atoms with E-state index in [1.165, 1.54) is 3.97 Å². The van der Waals surface area contributed by atoms with Crippen LogP contribution in [0.2, 0.25) is 0 Å². The number of nitrogens with zero attached hydrogens (tertiary/aromatic N) is 1. The highest BCUT2D eigenvalue weighted by atomic mass is 32.2. The Balaban J connectivity index is 1.28. The van der Waals surface area contributed by atoms with Gasteiger partial charge in [0.1, 0.15) is 23.9 Å². The Labute approximate surface area is 347 Å². The molecule has 7 rings (SSSR count). The summed E-state index contributed by atoms with van der Waals surface area (Å²) in [5, 5.41) is 13.2. The molecule has 11 heteroatoms. The fourth-order valence-electron chi connectivity index (χ4n) is 7.72. The van der Waals surface area contributed by atoms with Crippen LogP contribution >= 0.6 is 0 Å². The topological polar surface area (TPSA) is 131 Å². The van der Waals surface area contributed by atoms with E-state index in [0.29, 0.717) is 25.1 Å². The summed E-state index contributed by atoms with van der Waals surface area (Å²) < 4.78 is 63.0. The summed E-state index contributed by atoms with van der Waals surface area (Å²) in [5.74, 6) is 0. The molecule has 0 unspecified atom stereocenters. The third-order valence-electron chi connectivity index (χ3n) is 10.9. The van der Waals surface area contributed by atoms with Gasteiger partial charge in [-0.1, -0.05) is 127 Å². The van der Waals surface area contributed by atoms with Gasteiger partial charge in [0.2, 0.25) is 0 Å². The number of aromatic nitrogens is 1. The molecule has 0 radical (unpaired) electrons. The van der Waals surface area contributed by atoms with Crippen molar-refractivity contribution in [2.24, 2.45) is 5.73 Å². The van der Waals surface area contributed by atoms with Crippen molar-refractivity contribution in [2.45, 2.75) is 87.0 Å². The van der Waals surface area contributed by atoms with Crippen LogP contribution in [0.25, 0.3) is 10.9 Å². The molecule has 0 bridgehead atoms. The van der Waals surface area contributed by atoms with Crippen LogP contribution < -0.4 is 5.73 Å². The van der Waals surface area contributed by atoms with E-state index in [1.54, 1.807) is 42.6 Å². The van der Waals surface area contributed by atoms with Crippen molar-refractivity contribution < 1.29 is 37.2 Å². The van der Waals surface area contributed by atoms with Crippen LogP contribution in [0.5, 0.6) is 0 Å². The number of para-hydroxylation sites is 1. The Bertz CT molecular complexity index is 2280. The Morgan fingerprint density at radius 3 is 1.92 bits per heavy atom. The first kappa shape index (κ1) is 42.4. The number of unbranched alkanes of at least 4 members (excludes halogenated alkanes) is 2. The number of aliphatic hydroxyl groups is 1. The van der Waals surface area contributed by atoms with E-state index in [0.717, 1.165) is 46.9 Å². The monoisotopic (exact) mass is 818 g/mol. The molecule has 0 amide bonds. The van der Waals surface area contributed by atoms with Crippen LogP contribution in [-0.4, -0.2) is 67.5 Å². The number of fused-ring (bicyclic) bond motifs is 1. The summed E-state index contributed by atoms with van der Waals surface area (Å²) in [6.07, 6.45) is 1.08. The van der Waals surface area contributed by atoms with Crippen LogP contribution in [0.3, 0.4) is 0 Å². The Hall–Kier alpha value is -4.69. The van der Waals surface area contributed by atoms with Gasteiger partial charge in [0.05, 0.1) is 36.8 Å². The zero-order valence-corrected chi connectivity index (χ0v) is 34.1. The number of rotatable bonds is 21. The minimum Gasteiger partial charge on any atom is -0.379 e. The van der Waals surface area contributed by atoms with Crippen molar-refractivity contribution in [2.75, 3.05) is 19.8 Å². The third-order valence-corrected chi connectivity index (χ3v) is 12.6. The average molecular weight is 819 g/mol. The first-order valence-corrected chi connectivity index (χ1v) is 21.8. The van der Waals surface area contributed by atoms with E-state index in [2.05, 4.69) is 0 Å². The van der Waals surface area contributed by atoms with Crippen LogP contribution in [0.4, 0.5) is 0 Å². The van der Waals surface area contributed by atoms with Crippen molar-refractivity contribution in [3.05, 3.63) is 174 Å². The van der Waals surface area contributed by atoms with E-state index in [1.807, 2.05) is 109 Å². The zero-order valence-electron chi connectivity index (χ0n) is 33.3. The van der Waals surface area contributed by atoms with Crippen molar-refractivity contribution in [3.63, 3.8) is 0 Å².